The molecule has 11 heavy (non-hydrogen) atoms. The first-order valence-electron chi connectivity index (χ1n) is 3.26. The summed E-state index contributed by atoms with van der Waals surface area (Å²) in [5.74, 6) is -0.0463. The number of rotatable bonds is 1. The van der Waals surface area contributed by atoms with E-state index >= 15 is 0 Å². The quantitative estimate of drug-likeness (QED) is 0.582. The molecule has 0 bridgehead atoms. The van der Waals surface area contributed by atoms with Crippen LogP contribution in [0.3, 0.4) is 0 Å². The standard InChI is InChI=1S/C8H8Cl2O/c1-8(7(9)10)5-3-2-4-6(8)11/h2-5,7H,1H3/t8-/m0/s1. The van der Waals surface area contributed by atoms with E-state index in [2.05, 4.69) is 0 Å². The van der Waals surface area contributed by atoms with Gasteiger partial charge in [-0.25, -0.2) is 0 Å². The highest BCUT2D eigenvalue weighted by Crippen LogP contribution is 2.33. The van der Waals surface area contributed by atoms with E-state index in [4.69, 9.17) is 23.2 Å². The van der Waals surface area contributed by atoms with Crippen molar-refractivity contribution < 1.29 is 4.79 Å². The fraction of sp³-hybridized carbons (Fsp3) is 0.375. The predicted octanol–water partition coefficient (Wildman–Crippen LogP) is 2.49. The molecule has 1 aliphatic carbocycles. The molecule has 1 aliphatic rings. The van der Waals surface area contributed by atoms with Gasteiger partial charge in [-0.2, -0.15) is 0 Å². The second-order valence-corrected chi connectivity index (χ2v) is 3.76. The lowest BCUT2D eigenvalue weighted by molar-refractivity contribution is -0.120. The number of allylic oxidation sites excluding steroid dienone is 4. The van der Waals surface area contributed by atoms with Gasteiger partial charge in [0.25, 0.3) is 0 Å². The molecule has 0 aromatic rings. The minimum Gasteiger partial charge on any atom is -0.294 e. The molecule has 0 unspecified atom stereocenters. The van der Waals surface area contributed by atoms with E-state index in [0.717, 1.165) is 0 Å². The summed E-state index contributed by atoms with van der Waals surface area (Å²) in [6.07, 6.45) is 6.66. The van der Waals surface area contributed by atoms with Gasteiger partial charge in [0.1, 0.15) is 4.84 Å². The Morgan fingerprint density at radius 3 is 2.45 bits per heavy atom. The van der Waals surface area contributed by atoms with Gasteiger partial charge in [0.05, 0.1) is 5.41 Å². The zero-order chi connectivity index (χ0) is 8.48. The van der Waals surface area contributed by atoms with Crippen LogP contribution >= 0.6 is 23.2 Å². The second-order valence-electron chi connectivity index (χ2n) is 2.67. The molecular formula is C8H8Cl2O. The third kappa shape index (κ3) is 1.49. The van der Waals surface area contributed by atoms with Gasteiger partial charge in [-0.3, -0.25) is 4.79 Å². The van der Waals surface area contributed by atoms with Crippen molar-refractivity contribution in [3.8, 4) is 0 Å². The topological polar surface area (TPSA) is 17.1 Å². The van der Waals surface area contributed by atoms with Crippen LogP contribution < -0.4 is 0 Å². The van der Waals surface area contributed by atoms with Crippen molar-refractivity contribution in [2.75, 3.05) is 0 Å². The highest BCUT2D eigenvalue weighted by atomic mass is 35.5. The average Bonchev–Trinajstić information content (AvgIpc) is 1.95. The second kappa shape index (κ2) is 3.00. The molecular weight excluding hydrogens is 183 g/mol. The van der Waals surface area contributed by atoms with Crippen LogP contribution in [-0.2, 0) is 4.79 Å². The van der Waals surface area contributed by atoms with Gasteiger partial charge in [-0.05, 0) is 13.0 Å². The Morgan fingerprint density at radius 2 is 2.09 bits per heavy atom. The van der Waals surface area contributed by atoms with Crippen molar-refractivity contribution in [1.82, 2.24) is 0 Å². The smallest absolute Gasteiger partial charge is 0.168 e. The first-order valence-corrected chi connectivity index (χ1v) is 4.13. The lowest BCUT2D eigenvalue weighted by Gasteiger charge is -2.25. The summed E-state index contributed by atoms with van der Waals surface area (Å²) in [6, 6.07) is 0. The average molecular weight is 191 g/mol. The molecule has 1 nitrogen and oxygen atoms in total. The maximum absolute atomic E-state index is 11.3. The Balaban J connectivity index is 2.95. The van der Waals surface area contributed by atoms with Gasteiger partial charge in [-0.1, -0.05) is 18.2 Å². The van der Waals surface area contributed by atoms with Gasteiger partial charge in [0, 0.05) is 0 Å². The first-order chi connectivity index (χ1) is 5.07. The number of carbonyl (C=O) groups excluding carboxylic acids is 1. The van der Waals surface area contributed by atoms with E-state index in [0.29, 0.717) is 0 Å². The highest BCUT2D eigenvalue weighted by molar-refractivity contribution is 6.46. The fourth-order valence-corrected chi connectivity index (χ4v) is 1.20. The highest BCUT2D eigenvalue weighted by Gasteiger charge is 2.36. The molecule has 0 fully saturated rings. The monoisotopic (exact) mass is 190 g/mol. The molecule has 1 atom stereocenters. The summed E-state index contributed by atoms with van der Waals surface area (Å²) < 4.78 is 0. The number of hydrogen-bond acceptors (Lipinski definition) is 1. The van der Waals surface area contributed by atoms with E-state index in [9.17, 15) is 4.79 Å². The Bertz CT molecular complexity index is 230. The molecule has 0 aromatic carbocycles. The van der Waals surface area contributed by atoms with E-state index < -0.39 is 10.3 Å². The Labute approximate surface area is 75.7 Å². The van der Waals surface area contributed by atoms with Crippen molar-refractivity contribution in [1.29, 1.82) is 0 Å². The van der Waals surface area contributed by atoms with Crippen LogP contribution in [-0.4, -0.2) is 10.6 Å². The molecule has 0 aromatic heterocycles. The number of halogens is 2. The molecule has 0 spiro atoms. The van der Waals surface area contributed by atoms with Gasteiger partial charge < -0.3 is 0 Å². The third-order valence-electron chi connectivity index (χ3n) is 1.79. The van der Waals surface area contributed by atoms with Crippen molar-refractivity contribution >= 4 is 29.0 Å². The largest absolute Gasteiger partial charge is 0.294 e. The van der Waals surface area contributed by atoms with Crippen molar-refractivity contribution in [3.63, 3.8) is 0 Å². The maximum Gasteiger partial charge on any atom is 0.168 e. The first kappa shape index (κ1) is 8.82. The minimum atomic E-state index is -0.738. The zero-order valence-corrected chi connectivity index (χ0v) is 7.56. The third-order valence-corrected chi connectivity index (χ3v) is 2.69. The van der Waals surface area contributed by atoms with E-state index in [1.165, 1.54) is 6.08 Å². The van der Waals surface area contributed by atoms with E-state index in [1.54, 1.807) is 25.2 Å². The summed E-state index contributed by atoms with van der Waals surface area (Å²) in [7, 11) is 0. The lowest BCUT2D eigenvalue weighted by Crippen LogP contribution is -2.31. The SMILES string of the molecule is C[C@]1(C(Cl)Cl)C=CC=CC1=O. The Kier molecular flexibility index (Phi) is 2.40. The van der Waals surface area contributed by atoms with Gasteiger partial charge in [-0.15, -0.1) is 23.2 Å². The summed E-state index contributed by atoms with van der Waals surface area (Å²) >= 11 is 11.3. The molecule has 0 saturated carbocycles. The molecule has 0 saturated heterocycles. The summed E-state index contributed by atoms with van der Waals surface area (Å²) in [6.45, 7) is 1.72. The predicted molar refractivity (Wildman–Crippen MR) is 46.9 cm³/mol. The molecule has 0 amide bonds. The molecule has 0 N–H and O–H groups in total. The fourth-order valence-electron chi connectivity index (χ4n) is 0.840. The molecule has 60 valence electrons. The number of hydrogen-bond donors (Lipinski definition) is 0. The van der Waals surface area contributed by atoms with Crippen LogP contribution in [0.1, 0.15) is 6.92 Å². The number of carbonyl (C=O) groups is 1. The van der Waals surface area contributed by atoms with E-state index in [1.807, 2.05) is 0 Å². The number of ketones is 1. The van der Waals surface area contributed by atoms with Crippen molar-refractivity contribution in [3.05, 3.63) is 24.3 Å². The van der Waals surface area contributed by atoms with Crippen molar-refractivity contribution in [2.24, 2.45) is 5.41 Å². The van der Waals surface area contributed by atoms with Gasteiger partial charge >= 0.3 is 0 Å². The van der Waals surface area contributed by atoms with Crippen LogP contribution in [0.25, 0.3) is 0 Å². The van der Waals surface area contributed by atoms with Crippen LogP contribution in [0, 0.1) is 5.41 Å². The lowest BCUT2D eigenvalue weighted by atomic mass is 9.84. The number of alkyl halides is 2. The zero-order valence-electron chi connectivity index (χ0n) is 6.05. The van der Waals surface area contributed by atoms with Gasteiger partial charge in [0.2, 0.25) is 0 Å². The normalized spacial score (nSPS) is 30.0. The van der Waals surface area contributed by atoms with Crippen LogP contribution in [0.15, 0.2) is 24.3 Å². The summed E-state index contributed by atoms with van der Waals surface area (Å²) in [5.41, 5.74) is -0.738. The molecule has 1 rings (SSSR count). The van der Waals surface area contributed by atoms with Crippen LogP contribution in [0.2, 0.25) is 0 Å². The summed E-state index contributed by atoms with van der Waals surface area (Å²) in [5, 5.41) is 0. The van der Waals surface area contributed by atoms with Crippen molar-refractivity contribution in [2.45, 2.75) is 11.8 Å². The minimum absolute atomic E-state index is 0.0463. The van der Waals surface area contributed by atoms with E-state index in [-0.39, 0.29) is 5.78 Å². The molecule has 0 heterocycles. The maximum atomic E-state index is 11.3. The van der Waals surface area contributed by atoms with Crippen LogP contribution in [0.5, 0.6) is 0 Å². The van der Waals surface area contributed by atoms with Crippen LogP contribution in [0.4, 0.5) is 0 Å². The Morgan fingerprint density at radius 1 is 1.45 bits per heavy atom. The van der Waals surface area contributed by atoms with Gasteiger partial charge in [0.15, 0.2) is 5.78 Å². The Hall–Kier alpha value is -0.270. The summed E-state index contributed by atoms with van der Waals surface area (Å²) in [4.78, 5) is 10.6. The molecule has 0 aliphatic heterocycles. The molecule has 0 radical (unpaired) electrons. The molecule has 3 heteroatoms.